The first-order chi connectivity index (χ1) is 9.50. The minimum atomic E-state index is -0.929. The van der Waals surface area contributed by atoms with Gasteiger partial charge in [-0.1, -0.05) is 6.07 Å². The second kappa shape index (κ2) is 6.00. The van der Waals surface area contributed by atoms with Crippen molar-refractivity contribution in [2.75, 3.05) is 6.54 Å². The molecule has 0 radical (unpaired) electrons. The highest BCUT2D eigenvalue weighted by molar-refractivity contribution is 5.81. The van der Waals surface area contributed by atoms with Gasteiger partial charge in [0.2, 0.25) is 5.91 Å². The number of aliphatic carboxylic acids is 1. The van der Waals surface area contributed by atoms with E-state index in [9.17, 15) is 19.8 Å². The van der Waals surface area contributed by atoms with Crippen LogP contribution in [-0.2, 0) is 9.59 Å². The summed E-state index contributed by atoms with van der Waals surface area (Å²) in [6.07, 6.45) is 2.98. The predicted molar refractivity (Wildman–Crippen MR) is 70.7 cm³/mol. The van der Waals surface area contributed by atoms with Crippen molar-refractivity contribution in [3.63, 3.8) is 0 Å². The van der Waals surface area contributed by atoms with E-state index >= 15 is 0 Å². The van der Waals surface area contributed by atoms with Crippen LogP contribution in [0.2, 0.25) is 0 Å². The monoisotopic (exact) mass is 278 g/mol. The molecule has 6 nitrogen and oxygen atoms in total. The van der Waals surface area contributed by atoms with Gasteiger partial charge < -0.3 is 15.1 Å². The molecule has 2 rings (SSSR count). The van der Waals surface area contributed by atoms with Crippen molar-refractivity contribution < 1.29 is 19.8 Å². The summed E-state index contributed by atoms with van der Waals surface area (Å²) < 4.78 is 0. The third-order valence-electron chi connectivity index (χ3n) is 3.51. The van der Waals surface area contributed by atoms with Gasteiger partial charge in [0.25, 0.3) is 0 Å². The minimum Gasteiger partial charge on any atom is -0.481 e. The molecule has 108 valence electrons. The Hall–Kier alpha value is -1.95. The molecule has 1 fully saturated rings. The quantitative estimate of drug-likeness (QED) is 0.851. The maximum atomic E-state index is 12.1. The topological polar surface area (TPSA) is 90.7 Å². The van der Waals surface area contributed by atoms with Crippen LogP contribution in [0.3, 0.4) is 0 Å². The summed E-state index contributed by atoms with van der Waals surface area (Å²) in [7, 11) is 0. The minimum absolute atomic E-state index is 0.127. The van der Waals surface area contributed by atoms with Crippen LogP contribution in [-0.4, -0.2) is 44.6 Å². The molecule has 1 aliphatic rings. The number of β-amino-alcohol motifs (C(OH)–C–C–N with tert-alkyl or cyclic N) is 1. The molecule has 1 aliphatic heterocycles. The zero-order valence-electron chi connectivity index (χ0n) is 11.3. The summed E-state index contributed by atoms with van der Waals surface area (Å²) in [4.78, 5) is 29.0. The molecule has 2 N–H and O–H groups in total. The van der Waals surface area contributed by atoms with Crippen LogP contribution < -0.4 is 0 Å². The summed E-state index contributed by atoms with van der Waals surface area (Å²) in [6.45, 7) is 1.71. The van der Waals surface area contributed by atoms with E-state index in [1.54, 1.807) is 31.5 Å². The van der Waals surface area contributed by atoms with Crippen LogP contribution in [0.15, 0.2) is 24.5 Å². The molecule has 20 heavy (non-hydrogen) atoms. The molecule has 6 heteroatoms. The van der Waals surface area contributed by atoms with Crippen molar-refractivity contribution in [1.29, 1.82) is 0 Å². The molecule has 0 bridgehead atoms. The number of carboxylic acids is 1. The summed E-state index contributed by atoms with van der Waals surface area (Å²) in [5, 5.41) is 18.9. The molecule has 1 saturated heterocycles. The number of aliphatic hydroxyl groups excluding tert-OH is 1. The first kappa shape index (κ1) is 14.5. The Bertz CT molecular complexity index is 489. The van der Waals surface area contributed by atoms with Gasteiger partial charge in [0, 0.05) is 25.4 Å². The number of carboxylic acid groups (broad SMARTS) is 1. The second-order valence-corrected chi connectivity index (χ2v) is 5.11. The Kier molecular flexibility index (Phi) is 4.34. The van der Waals surface area contributed by atoms with Crippen LogP contribution in [0.25, 0.3) is 0 Å². The Morgan fingerprint density at radius 1 is 1.60 bits per heavy atom. The lowest BCUT2D eigenvalue weighted by Crippen LogP contribution is -2.47. The number of carbonyl (C=O) groups is 2. The van der Waals surface area contributed by atoms with Crippen molar-refractivity contribution in [2.24, 2.45) is 5.92 Å². The highest BCUT2D eigenvalue weighted by Gasteiger charge is 2.41. The fourth-order valence-corrected chi connectivity index (χ4v) is 2.67. The van der Waals surface area contributed by atoms with E-state index in [2.05, 4.69) is 4.98 Å². The average Bonchev–Trinajstić information content (AvgIpc) is 2.41. The summed E-state index contributed by atoms with van der Waals surface area (Å²) >= 11 is 0. The van der Waals surface area contributed by atoms with Gasteiger partial charge in [-0.05, 0) is 25.0 Å². The van der Waals surface area contributed by atoms with Gasteiger partial charge in [-0.2, -0.15) is 0 Å². The fourth-order valence-electron chi connectivity index (χ4n) is 2.67. The lowest BCUT2D eigenvalue weighted by molar-refractivity contribution is -0.153. The molecule has 0 aromatic carbocycles. The molecule has 1 aromatic rings. The number of likely N-dealkylation sites (tertiary alicyclic amines) is 1. The van der Waals surface area contributed by atoms with E-state index in [1.807, 2.05) is 0 Å². The smallest absolute Gasteiger partial charge is 0.308 e. The summed E-state index contributed by atoms with van der Waals surface area (Å²) in [6, 6.07) is 2.91. The van der Waals surface area contributed by atoms with E-state index < -0.39 is 24.0 Å². The van der Waals surface area contributed by atoms with E-state index in [0.29, 0.717) is 12.0 Å². The van der Waals surface area contributed by atoms with Gasteiger partial charge in [0.15, 0.2) is 0 Å². The largest absolute Gasteiger partial charge is 0.481 e. The molecular formula is C14H18N2O4. The SMILES string of the molecule is CC(O)CN1C(=O)CC[C@H](C(=O)O)[C@H]1c1cccnc1. The van der Waals surface area contributed by atoms with Crippen LogP contribution in [0, 0.1) is 5.92 Å². The van der Waals surface area contributed by atoms with Gasteiger partial charge in [0.05, 0.1) is 18.1 Å². The van der Waals surface area contributed by atoms with Crippen molar-refractivity contribution >= 4 is 11.9 Å². The van der Waals surface area contributed by atoms with Crippen LogP contribution >= 0.6 is 0 Å². The summed E-state index contributed by atoms with van der Waals surface area (Å²) in [5.41, 5.74) is 0.689. The first-order valence-electron chi connectivity index (χ1n) is 6.61. The number of nitrogens with zero attached hydrogens (tertiary/aromatic N) is 2. The maximum absolute atomic E-state index is 12.1. The van der Waals surface area contributed by atoms with Gasteiger partial charge in [-0.15, -0.1) is 0 Å². The number of rotatable bonds is 4. The number of aromatic nitrogens is 1. The normalized spacial score (nSPS) is 24.5. The van der Waals surface area contributed by atoms with Crippen LogP contribution in [0.1, 0.15) is 31.4 Å². The number of amides is 1. The highest BCUT2D eigenvalue weighted by Crippen LogP contribution is 2.36. The number of hydrogen-bond acceptors (Lipinski definition) is 4. The number of hydrogen-bond donors (Lipinski definition) is 2. The first-order valence-corrected chi connectivity index (χ1v) is 6.61. The van der Waals surface area contributed by atoms with Crippen molar-refractivity contribution in [1.82, 2.24) is 9.88 Å². The van der Waals surface area contributed by atoms with Gasteiger partial charge >= 0.3 is 5.97 Å². The molecule has 0 saturated carbocycles. The molecule has 1 aromatic heterocycles. The average molecular weight is 278 g/mol. The van der Waals surface area contributed by atoms with Crippen molar-refractivity contribution in [3.05, 3.63) is 30.1 Å². The van der Waals surface area contributed by atoms with Crippen molar-refractivity contribution in [2.45, 2.75) is 31.9 Å². The van der Waals surface area contributed by atoms with Gasteiger partial charge in [-0.25, -0.2) is 0 Å². The third kappa shape index (κ3) is 2.96. The Morgan fingerprint density at radius 2 is 2.35 bits per heavy atom. The molecule has 1 unspecified atom stereocenters. The van der Waals surface area contributed by atoms with E-state index in [1.165, 1.54) is 4.90 Å². The van der Waals surface area contributed by atoms with E-state index in [0.717, 1.165) is 0 Å². The number of aliphatic hydroxyl groups is 1. The molecular weight excluding hydrogens is 260 g/mol. The molecule has 0 spiro atoms. The van der Waals surface area contributed by atoms with Crippen LogP contribution in [0.5, 0.6) is 0 Å². The lowest BCUT2D eigenvalue weighted by Gasteiger charge is -2.40. The Balaban J connectivity index is 2.39. The maximum Gasteiger partial charge on any atom is 0.308 e. The second-order valence-electron chi connectivity index (χ2n) is 5.11. The van der Waals surface area contributed by atoms with E-state index in [-0.39, 0.29) is 18.9 Å². The highest BCUT2D eigenvalue weighted by atomic mass is 16.4. The zero-order chi connectivity index (χ0) is 14.7. The fraction of sp³-hybridized carbons (Fsp3) is 0.500. The predicted octanol–water partition coefficient (Wildman–Crippen LogP) is 0.827. The number of pyridine rings is 1. The third-order valence-corrected chi connectivity index (χ3v) is 3.51. The zero-order valence-corrected chi connectivity index (χ0v) is 11.3. The molecule has 2 heterocycles. The Morgan fingerprint density at radius 3 is 2.90 bits per heavy atom. The van der Waals surface area contributed by atoms with Crippen molar-refractivity contribution in [3.8, 4) is 0 Å². The Labute approximate surface area is 117 Å². The standard InChI is InChI=1S/C14H18N2O4/c1-9(17)8-16-12(18)5-4-11(14(19)20)13(16)10-3-2-6-15-7-10/h2-3,6-7,9,11,13,17H,4-5,8H2,1H3,(H,19,20)/t9?,11-,13+/m0/s1. The molecule has 0 aliphatic carbocycles. The van der Waals surface area contributed by atoms with Gasteiger partial charge in [0.1, 0.15) is 0 Å². The molecule has 3 atom stereocenters. The van der Waals surface area contributed by atoms with E-state index in [4.69, 9.17) is 0 Å². The summed E-state index contributed by atoms with van der Waals surface area (Å²) in [5.74, 6) is -1.73. The molecule has 1 amide bonds. The van der Waals surface area contributed by atoms with Gasteiger partial charge in [-0.3, -0.25) is 14.6 Å². The van der Waals surface area contributed by atoms with Crippen LogP contribution in [0.4, 0.5) is 0 Å². The number of piperidine rings is 1. The number of carbonyl (C=O) groups excluding carboxylic acids is 1. The lowest BCUT2D eigenvalue weighted by atomic mass is 9.84.